The molecule has 0 aromatic carbocycles. The van der Waals surface area contributed by atoms with Crippen molar-refractivity contribution in [1.29, 1.82) is 0 Å². The van der Waals surface area contributed by atoms with E-state index in [1.54, 1.807) is 5.38 Å². The minimum atomic E-state index is -1.28. The summed E-state index contributed by atoms with van der Waals surface area (Å²) in [6, 6.07) is -1.26. The van der Waals surface area contributed by atoms with E-state index in [0.29, 0.717) is 11.9 Å². The van der Waals surface area contributed by atoms with Gasteiger partial charge in [-0.3, -0.25) is 9.59 Å². The molecular weight excluding hydrogens is 312 g/mol. The van der Waals surface area contributed by atoms with Gasteiger partial charge in [0.05, 0.1) is 11.2 Å². The Morgan fingerprint density at radius 2 is 2.32 bits per heavy atom. The van der Waals surface area contributed by atoms with Gasteiger partial charge in [-0.15, -0.1) is 11.3 Å². The molecule has 118 valence electrons. The van der Waals surface area contributed by atoms with E-state index in [-0.39, 0.29) is 12.8 Å². The summed E-state index contributed by atoms with van der Waals surface area (Å²) < 4.78 is 5.02. The van der Waals surface area contributed by atoms with Crippen LogP contribution in [0.25, 0.3) is 5.53 Å². The van der Waals surface area contributed by atoms with Crippen LogP contribution in [0.4, 0.5) is 0 Å². The van der Waals surface area contributed by atoms with Crippen LogP contribution in [0.1, 0.15) is 24.6 Å². The zero-order valence-corrected chi connectivity index (χ0v) is 12.4. The number of aromatic nitrogens is 1. The number of methoxy groups -OCH3 is 1. The molecule has 0 radical (unpaired) electrons. The third-order valence-electron chi connectivity index (χ3n) is 2.69. The molecule has 0 aliphatic heterocycles. The summed E-state index contributed by atoms with van der Waals surface area (Å²) in [5.41, 5.74) is 10.1. The molecule has 0 aliphatic rings. The molecule has 10 heteroatoms. The molecule has 0 bridgehead atoms. The number of ketones is 1. The summed E-state index contributed by atoms with van der Waals surface area (Å²) in [4.78, 5) is 40.9. The van der Waals surface area contributed by atoms with Crippen molar-refractivity contribution in [2.45, 2.75) is 25.0 Å². The highest BCUT2D eigenvalue weighted by Crippen LogP contribution is 2.17. The second kappa shape index (κ2) is 8.78. The second-order valence-corrected chi connectivity index (χ2v) is 4.90. The number of hydrogen-bond donors (Lipinski definition) is 2. The number of ether oxygens (including phenoxy) is 1. The molecule has 0 saturated carbocycles. The van der Waals surface area contributed by atoms with Gasteiger partial charge in [-0.05, 0) is 6.42 Å². The Morgan fingerprint density at radius 3 is 2.82 bits per heavy atom. The van der Waals surface area contributed by atoms with Crippen LogP contribution in [0.3, 0.4) is 0 Å². The lowest BCUT2D eigenvalue weighted by atomic mass is 10.1. The van der Waals surface area contributed by atoms with E-state index in [2.05, 4.69) is 15.1 Å². The topological polar surface area (TPSA) is 142 Å². The highest BCUT2D eigenvalue weighted by molar-refractivity contribution is 7.07. The quantitative estimate of drug-likeness (QED) is 0.373. The second-order valence-electron chi connectivity index (χ2n) is 4.18. The first kappa shape index (κ1) is 17.6. The standard InChI is InChI=1S/C12H14N4O5S/c1-21-10(9-5-22-6-14-9)11(18)16-8(12(19)20)3-2-7(17)4-15-13/h4-6,8,10H,2-3H2,1H3,(H,16,18)(H,19,20)/t8-,10+/m0/s1. The first-order chi connectivity index (χ1) is 10.5. The Bertz CT molecular complexity index is 582. The van der Waals surface area contributed by atoms with E-state index in [1.165, 1.54) is 24.0 Å². The lowest BCUT2D eigenvalue weighted by Crippen LogP contribution is -2.43. The highest BCUT2D eigenvalue weighted by atomic mass is 32.1. The number of carboxylic acids is 1. The fourth-order valence-corrected chi connectivity index (χ4v) is 2.20. The van der Waals surface area contributed by atoms with Crippen molar-refractivity contribution < 1.29 is 29.0 Å². The summed E-state index contributed by atoms with van der Waals surface area (Å²) in [7, 11) is 1.31. The van der Waals surface area contributed by atoms with E-state index < -0.39 is 29.8 Å². The molecule has 1 aromatic heterocycles. The van der Waals surface area contributed by atoms with Crippen LogP contribution in [-0.4, -0.2) is 51.9 Å². The summed E-state index contributed by atoms with van der Waals surface area (Å²) in [6.07, 6.45) is -0.675. The molecule has 2 N–H and O–H groups in total. The van der Waals surface area contributed by atoms with Gasteiger partial charge in [-0.25, -0.2) is 9.78 Å². The molecule has 1 amide bonds. The predicted molar refractivity (Wildman–Crippen MR) is 75.4 cm³/mol. The molecule has 1 heterocycles. The van der Waals surface area contributed by atoms with E-state index in [0.717, 1.165) is 0 Å². The number of hydrogen-bond acceptors (Lipinski definition) is 6. The minimum absolute atomic E-state index is 0.139. The fourth-order valence-electron chi connectivity index (χ4n) is 1.63. The average molecular weight is 326 g/mol. The Labute approximate surface area is 129 Å². The molecule has 2 atom stereocenters. The third kappa shape index (κ3) is 5.17. The first-order valence-electron chi connectivity index (χ1n) is 6.14. The Balaban J connectivity index is 2.69. The summed E-state index contributed by atoms with van der Waals surface area (Å²) >= 11 is 1.28. The molecule has 0 saturated heterocycles. The minimum Gasteiger partial charge on any atom is -0.480 e. The number of nitrogens with one attached hydrogen (secondary N) is 1. The normalized spacial score (nSPS) is 12.8. The van der Waals surface area contributed by atoms with E-state index >= 15 is 0 Å². The van der Waals surface area contributed by atoms with Crippen molar-refractivity contribution in [3.8, 4) is 0 Å². The van der Waals surface area contributed by atoms with Crippen molar-refractivity contribution in [2.75, 3.05) is 7.11 Å². The number of thiazole rings is 1. The Hall–Kier alpha value is -2.42. The van der Waals surface area contributed by atoms with Crippen LogP contribution in [0.15, 0.2) is 10.9 Å². The molecule has 1 rings (SSSR count). The molecule has 0 fully saturated rings. The van der Waals surface area contributed by atoms with E-state index in [9.17, 15) is 14.4 Å². The fraction of sp³-hybridized carbons (Fsp3) is 0.417. The SMILES string of the molecule is CO[C@@H](C(=O)N[C@@H](CCC(=O)C=[N+]=[N-])C(=O)O)c1cscn1. The van der Waals surface area contributed by atoms with Crippen LogP contribution in [0, 0.1) is 0 Å². The van der Waals surface area contributed by atoms with Crippen molar-refractivity contribution in [2.24, 2.45) is 0 Å². The molecule has 1 aromatic rings. The van der Waals surface area contributed by atoms with Gasteiger partial charge >= 0.3 is 12.2 Å². The predicted octanol–water partition coefficient (Wildman–Crippen LogP) is 0.0499. The number of carbonyl (C=O) groups excluding carboxylic acids is 2. The average Bonchev–Trinajstić information content (AvgIpc) is 2.98. The summed E-state index contributed by atoms with van der Waals surface area (Å²) in [6.45, 7) is 0. The van der Waals surface area contributed by atoms with Crippen LogP contribution in [0.5, 0.6) is 0 Å². The maximum Gasteiger partial charge on any atom is 0.326 e. The number of rotatable bonds is 9. The number of amides is 1. The third-order valence-corrected chi connectivity index (χ3v) is 3.29. The molecule has 22 heavy (non-hydrogen) atoms. The van der Waals surface area contributed by atoms with Gasteiger partial charge in [0.2, 0.25) is 5.78 Å². The van der Waals surface area contributed by atoms with Gasteiger partial charge in [0, 0.05) is 18.9 Å². The van der Waals surface area contributed by atoms with Gasteiger partial charge in [-0.2, -0.15) is 4.79 Å². The maximum absolute atomic E-state index is 12.1. The number of aliphatic carboxylic acids is 1. The van der Waals surface area contributed by atoms with Crippen molar-refractivity contribution in [1.82, 2.24) is 10.3 Å². The van der Waals surface area contributed by atoms with Gasteiger partial charge in [0.1, 0.15) is 6.04 Å². The zero-order chi connectivity index (χ0) is 16.5. The smallest absolute Gasteiger partial charge is 0.326 e. The van der Waals surface area contributed by atoms with Crippen molar-refractivity contribution >= 4 is 35.2 Å². The molecule has 0 unspecified atom stereocenters. The number of Topliss-reactive ketones (excluding diaryl/α,β-unsaturated/α-hetero) is 1. The lowest BCUT2D eigenvalue weighted by molar-refractivity contribution is -0.144. The monoisotopic (exact) mass is 326 g/mol. The van der Waals surface area contributed by atoms with Crippen LogP contribution in [-0.2, 0) is 19.1 Å². The highest BCUT2D eigenvalue weighted by Gasteiger charge is 2.27. The van der Waals surface area contributed by atoms with Crippen molar-refractivity contribution in [3.63, 3.8) is 0 Å². The largest absolute Gasteiger partial charge is 0.480 e. The maximum atomic E-state index is 12.1. The van der Waals surface area contributed by atoms with Gasteiger partial charge in [-0.1, -0.05) is 0 Å². The summed E-state index contributed by atoms with van der Waals surface area (Å²) in [5.74, 6) is -2.50. The zero-order valence-electron chi connectivity index (χ0n) is 11.6. The summed E-state index contributed by atoms with van der Waals surface area (Å²) in [5, 5.41) is 13.0. The molecule has 0 aliphatic carbocycles. The van der Waals surface area contributed by atoms with Crippen LogP contribution in [0.2, 0.25) is 0 Å². The van der Waals surface area contributed by atoms with Crippen molar-refractivity contribution in [3.05, 3.63) is 22.1 Å². The molecular formula is C12H14N4O5S. The number of carbonyl (C=O) groups is 3. The van der Waals surface area contributed by atoms with Gasteiger partial charge in [0.25, 0.3) is 5.91 Å². The number of carboxylic acid groups (broad SMARTS) is 1. The van der Waals surface area contributed by atoms with E-state index in [1.807, 2.05) is 0 Å². The molecule has 0 spiro atoms. The van der Waals surface area contributed by atoms with Gasteiger partial charge in [0.15, 0.2) is 6.10 Å². The van der Waals surface area contributed by atoms with Gasteiger partial charge < -0.3 is 20.7 Å². The van der Waals surface area contributed by atoms with Crippen LogP contribution < -0.4 is 5.32 Å². The number of nitrogens with zero attached hydrogens (tertiary/aromatic N) is 3. The van der Waals surface area contributed by atoms with E-state index in [4.69, 9.17) is 15.4 Å². The molecule has 9 nitrogen and oxygen atoms in total. The first-order valence-corrected chi connectivity index (χ1v) is 7.08. The van der Waals surface area contributed by atoms with Crippen LogP contribution >= 0.6 is 11.3 Å². The lowest BCUT2D eigenvalue weighted by Gasteiger charge is -2.17. The Kier molecular flexibility index (Phi) is 7.03. The Morgan fingerprint density at radius 1 is 1.59 bits per heavy atom.